The number of aliphatic imine (C=N–C) groups is 1. The molecule has 0 spiro atoms. The van der Waals surface area contributed by atoms with E-state index in [1.807, 2.05) is 42.5 Å². The van der Waals surface area contributed by atoms with Crippen molar-refractivity contribution in [3.05, 3.63) is 65.7 Å². The van der Waals surface area contributed by atoms with Crippen LogP contribution in [0.15, 0.2) is 59.6 Å². The third kappa shape index (κ3) is 4.85. The average Bonchev–Trinajstić information content (AvgIpc) is 3.20. The van der Waals surface area contributed by atoms with E-state index in [0.29, 0.717) is 17.6 Å². The van der Waals surface area contributed by atoms with Crippen molar-refractivity contribution in [2.75, 3.05) is 12.4 Å². The summed E-state index contributed by atoms with van der Waals surface area (Å²) in [7, 11) is 1.79. The Kier molecular flexibility index (Phi) is 6.88. The van der Waals surface area contributed by atoms with Crippen molar-refractivity contribution in [1.29, 1.82) is 0 Å². The quantitative estimate of drug-likeness (QED) is 0.646. The summed E-state index contributed by atoms with van der Waals surface area (Å²) < 4.78 is 0. The molecular formula is C25H31N3O3S. The minimum Gasteiger partial charge on any atom is -0.390 e. The molecule has 2 aromatic rings. The highest BCUT2D eigenvalue weighted by Crippen LogP contribution is 2.42. The smallest absolute Gasteiger partial charge is 0.227 e. The molecule has 0 radical (unpaired) electrons. The Hall–Kier alpha value is -2.35. The number of aliphatic hydroxyl groups is 2. The van der Waals surface area contributed by atoms with E-state index in [1.165, 1.54) is 17.3 Å². The summed E-state index contributed by atoms with van der Waals surface area (Å²) in [4.78, 5) is 19.7. The Morgan fingerprint density at radius 3 is 2.50 bits per heavy atom. The number of amides is 1. The molecule has 0 bridgehead atoms. The Labute approximate surface area is 193 Å². The fourth-order valence-electron chi connectivity index (χ4n) is 4.39. The number of nitrogens with one attached hydrogen (secondary N) is 1. The predicted molar refractivity (Wildman–Crippen MR) is 130 cm³/mol. The molecule has 32 heavy (non-hydrogen) atoms. The first kappa shape index (κ1) is 22.8. The van der Waals surface area contributed by atoms with Gasteiger partial charge in [0.05, 0.1) is 18.1 Å². The molecule has 5 unspecified atom stereocenters. The number of carbonyl (C=O) groups is 1. The molecule has 2 aromatic carbocycles. The van der Waals surface area contributed by atoms with Gasteiger partial charge in [-0.3, -0.25) is 9.79 Å². The maximum Gasteiger partial charge on any atom is 0.227 e. The van der Waals surface area contributed by atoms with E-state index in [9.17, 15) is 15.0 Å². The molecule has 0 saturated heterocycles. The first-order valence-corrected chi connectivity index (χ1v) is 12.0. The van der Waals surface area contributed by atoms with Crippen molar-refractivity contribution in [3.8, 4) is 0 Å². The van der Waals surface area contributed by atoms with Gasteiger partial charge in [-0.05, 0) is 35.6 Å². The van der Waals surface area contributed by atoms with Crippen LogP contribution in [-0.2, 0) is 11.3 Å². The SMILES string of the molecule is CC(C)c1ccc(NC2=NC3C(O)C(O)CC(C(=O)N(C)Cc4ccccc4)C3S2)cc1. The van der Waals surface area contributed by atoms with Crippen molar-refractivity contribution in [2.24, 2.45) is 10.9 Å². The van der Waals surface area contributed by atoms with Crippen LogP contribution >= 0.6 is 11.8 Å². The zero-order valence-corrected chi connectivity index (χ0v) is 19.5. The lowest BCUT2D eigenvalue weighted by atomic mass is 9.80. The fourth-order valence-corrected chi connectivity index (χ4v) is 5.76. The van der Waals surface area contributed by atoms with Gasteiger partial charge in [0.1, 0.15) is 6.10 Å². The highest BCUT2D eigenvalue weighted by Gasteiger charge is 2.50. The van der Waals surface area contributed by atoms with Gasteiger partial charge in [-0.1, -0.05) is 68.1 Å². The maximum absolute atomic E-state index is 13.3. The molecule has 6 nitrogen and oxygen atoms in total. The van der Waals surface area contributed by atoms with Gasteiger partial charge in [0.2, 0.25) is 5.91 Å². The molecule has 1 aliphatic carbocycles. The molecule has 3 N–H and O–H groups in total. The predicted octanol–water partition coefficient (Wildman–Crippen LogP) is 3.46. The number of nitrogens with zero attached hydrogens (tertiary/aromatic N) is 2. The van der Waals surface area contributed by atoms with E-state index in [2.05, 4.69) is 36.3 Å². The van der Waals surface area contributed by atoms with Gasteiger partial charge in [0.25, 0.3) is 0 Å². The summed E-state index contributed by atoms with van der Waals surface area (Å²) in [6.45, 7) is 4.82. The summed E-state index contributed by atoms with van der Waals surface area (Å²) >= 11 is 1.49. The topological polar surface area (TPSA) is 85.2 Å². The Balaban J connectivity index is 1.47. The minimum absolute atomic E-state index is 0.0277. The van der Waals surface area contributed by atoms with Gasteiger partial charge in [-0.25, -0.2) is 0 Å². The third-order valence-corrected chi connectivity index (χ3v) is 7.58. The molecule has 1 fully saturated rings. The summed E-state index contributed by atoms with van der Waals surface area (Å²) in [5, 5.41) is 24.8. The van der Waals surface area contributed by atoms with Crippen LogP contribution in [0.2, 0.25) is 0 Å². The van der Waals surface area contributed by atoms with E-state index in [0.717, 1.165) is 11.3 Å². The largest absolute Gasteiger partial charge is 0.390 e. The lowest BCUT2D eigenvalue weighted by Gasteiger charge is -2.38. The summed E-state index contributed by atoms with van der Waals surface area (Å²) in [6, 6.07) is 17.5. The number of hydrogen-bond donors (Lipinski definition) is 3. The molecule has 1 saturated carbocycles. The lowest BCUT2D eigenvalue weighted by molar-refractivity contribution is -0.139. The molecule has 2 aliphatic rings. The Morgan fingerprint density at radius 1 is 1.16 bits per heavy atom. The van der Waals surface area contributed by atoms with Crippen LogP contribution in [0.4, 0.5) is 5.69 Å². The van der Waals surface area contributed by atoms with Crippen molar-refractivity contribution < 1.29 is 15.0 Å². The van der Waals surface area contributed by atoms with Gasteiger partial charge < -0.3 is 20.4 Å². The van der Waals surface area contributed by atoms with Crippen LogP contribution < -0.4 is 5.32 Å². The van der Waals surface area contributed by atoms with Gasteiger partial charge in [0, 0.05) is 24.5 Å². The van der Waals surface area contributed by atoms with Crippen LogP contribution in [-0.4, -0.2) is 56.7 Å². The number of benzene rings is 2. The number of anilines is 1. The second-order valence-electron chi connectivity index (χ2n) is 8.99. The highest BCUT2D eigenvalue weighted by atomic mass is 32.2. The highest BCUT2D eigenvalue weighted by molar-refractivity contribution is 8.15. The third-order valence-electron chi connectivity index (χ3n) is 6.27. The van der Waals surface area contributed by atoms with Crippen LogP contribution in [0.5, 0.6) is 0 Å². The number of amidine groups is 1. The number of hydrogen-bond acceptors (Lipinski definition) is 6. The van der Waals surface area contributed by atoms with E-state index in [-0.39, 0.29) is 17.6 Å². The minimum atomic E-state index is -0.974. The van der Waals surface area contributed by atoms with Gasteiger partial charge >= 0.3 is 0 Å². The molecule has 170 valence electrons. The van der Waals surface area contributed by atoms with Crippen molar-refractivity contribution in [1.82, 2.24) is 4.90 Å². The van der Waals surface area contributed by atoms with Crippen molar-refractivity contribution in [2.45, 2.75) is 56.2 Å². The second kappa shape index (κ2) is 9.65. The maximum atomic E-state index is 13.3. The van der Waals surface area contributed by atoms with E-state index >= 15 is 0 Å². The standard InChI is InChI=1S/C25H31N3O3S/c1-15(2)17-9-11-18(12-10-17)26-25-27-21-22(30)20(29)13-19(23(21)32-25)24(31)28(3)14-16-7-5-4-6-8-16/h4-12,15,19-23,29-30H,13-14H2,1-3H3,(H,26,27). The summed E-state index contributed by atoms with van der Waals surface area (Å²) in [6.07, 6.45) is -1.71. The van der Waals surface area contributed by atoms with E-state index < -0.39 is 24.2 Å². The van der Waals surface area contributed by atoms with Gasteiger partial charge in [-0.15, -0.1) is 0 Å². The molecular weight excluding hydrogens is 422 g/mol. The first-order valence-electron chi connectivity index (χ1n) is 11.1. The number of thioether (sulfide) groups is 1. The zero-order valence-electron chi connectivity index (χ0n) is 18.7. The molecule has 1 heterocycles. The average molecular weight is 454 g/mol. The summed E-state index contributed by atoms with van der Waals surface area (Å²) in [5.41, 5.74) is 3.23. The van der Waals surface area contributed by atoms with Gasteiger partial charge in [-0.2, -0.15) is 0 Å². The van der Waals surface area contributed by atoms with E-state index in [1.54, 1.807) is 11.9 Å². The van der Waals surface area contributed by atoms with Crippen LogP contribution in [0, 0.1) is 5.92 Å². The van der Waals surface area contributed by atoms with Gasteiger partial charge in [0.15, 0.2) is 5.17 Å². The summed E-state index contributed by atoms with van der Waals surface area (Å²) in [5.74, 6) is 0.0184. The van der Waals surface area contributed by atoms with Crippen LogP contribution in [0.1, 0.15) is 37.3 Å². The second-order valence-corrected chi connectivity index (χ2v) is 10.2. The fraction of sp³-hybridized carbons (Fsp3) is 0.440. The number of carbonyl (C=O) groups excluding carboxylic acids is 1. The molecule has 1 aliphatic heterocycles. The first-order chi connectivity index (χ1) is 15.3. The Morgan fingerprint density at radius 2 is 1.84 bits per heavy atom. The zero-order chi connectivity index (χ0) is 22.8. The van der Waals surface area contributed by atoms with Crippen LogP contribution in [0.25, 0.3) is 0 Å². The number of aliphatic hydroxyl groups excluding tert-OH is 2. The molecule has 1 amide bonds. The lowest BCUT2D eigenvalue weighted by Crippen LogP contribution is -2.54. The van der Waals surface area contributed by atoms with Crippen molar-refractivity contribution >= 4 is 28.5 Å². The van der Waals surface area contributed by atoms with E-state index in [4.69, 9.17) is 0 Å². The molecule has 0 aromatic heterocycles. The molecule has 7 heteroatoms. The number of rotatable bonds is 5. The number of fused-ring (bicyclic) bond motifs is 1. The Bertz CT molecular complexity index is 964. The monoisotopic (exact) mass is 453 g/mol. The normalized spacial score (nSPS) is 27.1. The van der Waals surface area contributed by atoms with Crippen molar-refractivity contribution in [3.63, 3.8) is 0 Å². The molecule has 4 rings (SSSR count). The van der Waals surface area contributed by atoms with Crippen LogP contribution in [0.3, 0.4) is 0 Å². The molecule has 5 atom stereocenters.